The van der Waals surface area contributed by atoms with Crippen LogP contribution in [0.3, 0.4) is 0 Å². The fourth-order valence-corrected chi connectivity index (χ4v) is 2.80. The van der Waals surface area contributed by atoms with E-state index in [2.05, 4.69) is 22.4 Å². The molecule has 0 unspecified atom stereocenters. The molecule has 1 saturated heterocycles. The van der Waals surface area contributed by atoms with Gasteiger partial charge in [-0.1, -0.05) is 0 Å². The molecule has 100 valence electrons. The lowest BCUT2D eigenvalue weighted by Crippen LogP contribution is -2.28. The van der Waals surface area contributed by atoms with Gasteiger partial charge in [-0.15, -0.1) is 0 Å². The van der Waals surface area contributed by atoms with Gasteiger partial charge in [0.15, 0.2) is 0 Å². The van der Waals surface area contributed by atoms with Crippen LogP contribution in [0.1, 0.15) is 18.4 Å². The fraction of sp³-hybridized carbons (Fsp3) is 0.438. The Morgan fingerprint density at radius 2 is 2.11 bits per heavy atom. The molecular formula is C16H20N2O. The molecule has 3 nitrogen and oxygen atoms in total. The molecule has 1 aromatic heterocycles. The van der Waals surface area contributed by atoms with Crippen molar-refractivity contribution < 1.29 is 4.74 Å². The maximum Gasteiger partial charge on any atom is 0.121 e. The van der Waals surface area contributed by atoms with E-state index in [0.29, 0.717) is 0 Å². The van der Waals surface area contributed by atoms with E-state index in [1.807, 2.05) is 18.3 Å². The Hall–Kier alpha value is -1.61. The largest absolute Gasteiger partial charge is 0.497 e. The van der Waals surface area contributed by atoms with Gasteiger partial charge >= 0.3 is 0 Å². The van der Waals surface area contributed by atoms with Crippen LogP contribution in [0.2, 0.25) is 0 Å². The molecule has 19 heavy (non-hydrogen) atoms. The molecule has 1 aliphatic rings. The van der Waals surface area contributed by atoms with Crippen LogP contribution in [0.15, 0.2) is 30.5 Å². The van der Waals surface area contributed by atoms with Crippen molar-refractivity contribution in [2.75, 3.05) is 20.2 Å². The van der Waals surface area contributed by atoms with E-state index >= 15 is 0 Å². The molecule has 2 aromatic rings. The zero-order valence-corrected chi connectivity index (χ0v) is 11.4. The zero-order valence-electron chi connectivity index (χ0n) is 11.4. The van der Waals surface area contributed by atoms with Crippen LogP contribution in [0.5, 0.6) is 5.75 Å². The van der Waals surface area contributed by atoms with E-state index in [-0.39, 0.29) is 0 Å². The van der Waals surface area contributed by atoms with Gasteiger partial charge in [0.05, 0.1) is 12.6 Å². The second-order valence-corrected chi connectivity index (χ2v) is 5.30. The van der Waals surface area contributed by atoms with Crippen molar-refractivity contribution >= 4 is 10.9 Å². The van der Waals surface area contributed by atoms with Crippen LogP contribution in [-0.2, 0) is 6.42 Å². The summed E-state index contributed by atoms with van der Waals surface area (Å²) in [5.41, 5.74) is 2.36. The first-order valence-electron chi connectivity index (χ1n) is 6.98. The summed E-state index contributed by atoms with van der Waals surface area (Å²) >= 11 is 0. The number of nitrogens with zero attached hydrogens (tertiary/aromatic N) is 1. The first kappa shape index (κ1) is 12.4. The zero-order chi connectivity index (χ0) is 13.1. The van der Waals surface area contributed by atoms with E-state index in [4.69, 9.17) is 4.74 Å². The number of aromatic nitrogens is 1. The minimum Gasteiger partial charge on any atom is -0.497 e. The van der Waals surface area contributed by atoms with Crippen molar-refractivity contribution in [3.63, 3.8) is 0 Å². The summed E-state index contributed by atoms with van der Waals surface area (Å²) in [7, 11) is 1.69. The average Bonchev–Trinajstić information content (AvgIpc) is 2.48. The van der Waals surface area contributed by atoms with E-state index < -0.39 is 0 Å². The maximum atomic E-state index is 5.23. The molecule has 0 saturated carbocycles. The number of fused-ring (bicyclic) bond motifs is 1. The van der Waals surface area contributed by atoms with Gasteiger partial charge in [0, 0.05) is 17.6 Å². The maximum absolute atomic E-state index is 5.23. The Morgan fingerprint density at radius 1 is 1.26 bits per heavy atom. The Balaban J connectivity index is 1.80. The van der Waals surface area contributed by atoms with Gasteiger partial charge in [0.1, 0.15) is 5.75 Å². The number of nitrogens with one attached hydrogen (secondary N) is 1. The van der Waals surface area contributed by atoms with Gasteiger partial charge in [-0.25, -0.2) is 0 Å². The van der Waals surface area contributed by atoms with Crippen molar-refractivity contribution in [2.24, 2.45) is 5.92 Å². The second kappa shape index (κ2) is 5.57. The number of piperidine rings is 1. The highest BCUT2D eigenvalue weighted by Gasteiger charge is 2.13. The molecule has 1 fully saturated rings. The summed E-state index contributed by atoms with van der Waals surface area (Å²) < 4.78 is 5.23. The molecule has 0 atom stereocenters. The van der Waals surface area contributed by atoms with Gasteiger partial charge in [-0.3, -0.25) is 4.98 Å². The minimum absolute atomic E-state index is 0.804. The lowest BCUT2D eigenvalue weighted by Gasteiger charge is -2.22. The topological polar surface area (TPSA) is 34.1 Å². The molecule has 0 aliphatic carbocycles. The van der Waals surface area contributed by atoms with E-state index in [1.54, 1.807) is 7.11 Å². The van der Waals surface area contributed by atoms with Gasteiger partial charge in [-0.2, -0.15) is 0 Å². The monoisotopic (exact) mass is 256 g/mol. The fourth-order valence-electron chi connectivity index (χ4n) is 2.80. The van der Waals surface area contributed by atoms with E-state index in [0.717, 1.165) is 36.7 Å². The lowest BCUT2D eigenvalue weighted by atomic mass is 9.91. The summed E-state index contributed by atoms with van der Waals surface area (Å²) in [6.07, 6.45) is 5.72. The SMILES string of the molecule is COc1ccc2cc(CC3CCNCC3)cnc2c1. The molecule has 0 spiro atoms. The van der Waals surface area contributed by atoms with E-state index in [9.17, 15) is 0 Å². The number of hydrogen-bond acceptors (Lipinski definition) is 3. The number of hydrogen-bond donors (Lipinski definition) is 1. The van der Waals surface area contributed by atoms with Crippen LogP contribution in [0, 0.1) is 5.92 Å². The third kappa shape index (κ3) is 2.87. The van der Waals surface area contributed by atoms with Gasteiger partial charge in [0.2, 0.25) is 0 Å². The summed E-state index contributed by atoms with van der Waals surface area (Å²) in [4.78, 5) is 4.56. The lowest BCUT2D eigenvalue weighted by molar-refractivity contribution is 0.372. The molecule has 0 radical (unpaired) electrons. The summed E-state index contributed by atoms with van der Waals surface area (Å²) in [6.45, 7) is 2.31. The standard InChI is InChI=1S/C16H20N2O/c1-19-15-3-2-14-9-13(11-18-16(14)10-15)8-12-4-6-17-7-5-12/h2-3,9-12,17H,4-8H2,1H3. The van der Waals surface area contributed by atoms with Gasteiger partial charge in [0.25, 0.3) is 0 Å². The quantitative estimate of drug-likeness (QED) is 0.917. The second-order valence-electron chi connectivity index (χ2n) is 5.30. The van der Waals surface area contributed by atoms with Crippen LogP contribution in [0.4, 0.5) is 0 Å². The summed E-state index contributed by atoms with van der Waals surface area (Å²) in [5, 5.41) is 4.61. The molecule has 3 heteroatoms. The molecule has 2 heterocycles. The van der Waals surface area contributed by atoms with Crippen molar-refractivity contribution in [3.05, 3.63) is 36.0 Å². The van der Waals surface area contributed by atoms with Crippen molar-refractivity contribution in [3.8, 4) is 5.75 Å². The first-order chi connectivity index (χ1) is 9.35. The number of rotatable bonds is 3. The van der Waals surface area contributed by atoms with Crippen molar-refractivity contribution in [1.29, 1.82) is 0 Å². The highest BCUT2D eigenvalue weighted by molar-refractivity contribution is 5.80. The van der Waals surface area contributed by atoms with Crippen molar-refractivity contribution in [2.45, 2.75) is 19.3 Å². The number of benzene rings is 1. The van der Waals surface area contributed by atoms with Crippen LogP contribution < -0.4 is 10.1 Å². The van der Waals surface area contributed by atoms with Gasteiger partial charge in [-0.05, 0) is 62.0 Å². The average molecular weight is 256 g/mol. The molecule has 0 bridgehead atoms. The summed E-state index contributed by atoms with van der Waals surface area (Å²) in [5.74, 6) is 1.67. The minimum atomic E-state index is 0.804. The summed E-state index contributed by atoms with van der Waals surface area (Å²) in [6, 6.07) is 8.35. The predicted octanol–water partition coefficient (Wildman–Crippen LogP) is 2.79. The molecule has 1 aromatic carbocycles. The smallest absolute Gasteiger partial charge is 0.121 e. The van der Waals surface area contributed by atoms with Crippen LogP contribution >= 0.6 is 0 Å². The first-order valence-corrected chi connectivity index (χ1v) is 6.98. The number of methoxy groups -OCH3 is 1. The Kier molecular flexibility index (Phi) is 3.65. The third-order valence-corrected chi connectivity index (χ3v) is 3.93. The Bertz CT molecular complexity index is 562. The molecular weight excluding hydrogens is 236 g/mol. The number of pyridine rings is 1. The van der Waals surface area contributed by atoms with E-state index in [1.165, 1.54) is 23.8 Å². The van der Waals surface area contributed by atoms with Gasteiger partial charge < -0.3 is 10.1 Å². The molecule has 1 aliphatic heterocycles. The normalized spacial score (nSPS) is 16.7. The van der Waals surface area contributed by atoms with Crippen LogP contribution in [0.25, 0.3) is 10.9 Å². The Morgan fingerprint density at radius 3 is 2.89 bits per heavy atom. The number of ether oxygens (including phenoxy) is 1. The Labute approximate surface area is 114 Å². The molecule has 3 rings (SSSR count). The highest BCUT2D eigenvalue weighted by atomic mass is 16.5. The molecule has 1 N–H and O–H groups in total. The third-order valence-electron chi connectivity index (χ3n) is 3.93. The van der Waals surface area contributed by atoms with Crippen molar-refractivity contribution in [1.82, 2.24) is 10.3 Å². The predicted molar refractivity (Wildman–Crippen MR) is 77.6 cm³/mol. The molecule has 0 amide bonds. The van der Waals surface area contributed by atoms with Crippen LogP contribution in [-0.4, -0.2) is 25.2 Å². The highest BCUT2D eigenvalue weighted by Crippen LogP contribution is 2.23.